The Labute approximate surface area is 213 Å². The van der Waals surface area contributed by atoms with Crippen molar-refractivity contribution in [1.29, 1.82) is 0 Å². The minimum Gasteiger partial charge on any atom is -0.494 e. The number of carbonyl (C=O) groups excluding carboxylic acids is 1. The van der Waals surface area contributed by atoms with Crippen molar-refractivity contribution in [2.45, 2.75) is 58.4 Å². The molecule has 0 radical (unpaired) electrons. The van der Waals surface area contributed by atoms with Crippen molar-refractivity contribution in [3.8, 4) is 5.75 Å². The van der Waals surface area contributed by atoms with Gasteiger partial charge in [0, 0.05) is 5.92 Å². The summed E-state index contributed by atoms with van der Waals surface area (Å²) in [6.45, 7) is 6.90. The number of carbonyl (C=O) groups is 1. The number of para-hydroxylation sites is 1. The predicted octanol–water partition coefficient (Wildman–Crippen LogP) is 6.48. The van der Waals surface area contributed by atoms with Crippen LogP contribution in [-0.4, -0.2) is 22.7 Å². The van der Waals surface area contributed by atoms with E-state index in [1.807, 2.05) is 38.1 Å². The molecule has 8 heteroatoms. The number of rotatable bonds is 9. The summed E-state index contributed by atoms with van der Waals surface area (Å²) >= 11 is 1.36. The lowest BCUT2D eigenvalue weighted by molar-refractivity contribution is 0.0970. The molecule has 0 saturated carbocycles. The molecule has 4 aromatic rings. The number of fused-ring (bicyclic) bond motifs is 2. The van der Waals surface area contributed by atoms with E-state index in [1.165, 1.54) is 24.2 Å². The lowest BCUT2D eigenvalue weighted by atomic mass is 9.98. The van der Waals surface area contributed by atoms with Crippen molar-refractivity contribution in [3.63, 3.8) is 0 Å². The van der Waals surface area contributed by atoms with Gasteiger partial charge in [-0.3, -0.25) is 14.5 Å². The summed E-state index contributed by atoms with van der Waals surface area (Å²) in [6.07, 6.45) is 4.55. The van der Waals surface area contributed by atoms with Gasteiger partial charge in [0.05, 0.1) is 23.6 Å². The number of aromatic nitrogens is 2. The Morgan fingerprint density at radius 1 is 1.03 bits per heavy atom. The largest absolute Gasteiger partial charge is 0.494 e. The highest BCUT2D eigenvalue weighted by molar-refractivity contribution is 7.15. The van der Waals surface area contributed by atoms with Crippen LogP contribution in [0.3, 0.4) is 0 Å². The first kappa shape index (κ1) is 24.2. The Hall–Kier alpha value is -3.52. The lowest BCUT2D eigenvalue weighted by Crippen LogP contribution is -2.29. The highest BCUT2D eigenvalue weighted by Gasteiger charge is 2.45. The second-order valence-corrected chi connectivity index (χ2v) is 10.3. The zero-order valence-electron chi connectivity index (χ0n) is 20.7. The molecule has 2 aromatic heterocycles. The molecule has 1 aliphatic heterocycles. The molecule has 2 aromatic carbocycles. The number of benzene rings is 2. The van der Waals surface area contributed by atoms with Gasteiger partial charge >= 0.3 is 0 Å². The smallest absolute Gasteiger partial charge is 0.297 e. The number of hydrogen-bond donors (Lipinski definition) is 0. The normalized spacial score (nSPS) is 15.2. The summed E-state index contributed by atoms with van der Waals surface area (Å²) < 4.78 is 11.9. The van der Waals surface area contributed by atoms with Crippen LogP contribution in [-0.2, 0) is 0 Å². The van der Waals surface area contributed by atoms with Crippen LogP contribution in [0.25, 0.3) is 11.0 Å². The van der Waals surface area contributed by atoms with Crippen LogP contribution < -0.4 is 15.1 Å². The van der Waals surface area contributed by atoms with Gasteiger partial charge in [0.15, 0.2) is 5.43 Å². The van der Waals surface area contributed by atoms with Crippen molar-refractivity contribution in [2.24, 2.45) is 0 Å². The molecule has 36 heavy (non-hydrogen) atoms. The average molecular weight is 504 g/mol. The molecular weight excluding hydrogens is 474 g/mol. The molecular formula is C28H29N3O4S. The molecule has 0 bridgehead atoms. The fourth-order valence-electron chi connectivity index (χ4n) is 4.45. The quantitative estimate of drug-likeness (QED) is 0.243. The number of amides is 1. The topological polar surface area (TPSA) is 85.5 Å². The summed E-state index contributed by atoms with van der Waals surface area (Å²) in [6, 6.07) is 13.9. The number of anilines is 1. The van der Waals surface area contributed by atoms with E-state index in [0.29, 0.717) is 28.3 Å². The Bertz CT molecular complexity index is 1440. The number of ether oxygens (including phenoxy) is 1. The second-order valence-electron chi connectivity index (χ2n) is 9.30. The van der Waals surface area contributed by atoms with Crippen LogP contribution in [0.4, 0.5) is 5.13 Å². The molecule has 1 amide bonds. The van der Waals surface area contributed by atoms with E-state index in [1.54, 1.807) is 29.2 Å². The lowest BCUT2D eigenvalue weighted by Gasteiger charge is -2.22. The van der Waals surface area contributed by atoms with E-state index in [2.05, 4.69) is 17.1 Å². The van der Waals surface area contributed by atoms with Crippen molar-refractivity contribution in [3.05, 3.63) is 80.6 Å². The summed E-state index contributed by atoms with van der Waals surface area (Å²) in [4.78, 5) is 28.8. The van der Waals surface area contributed by atoms with Gasteiger partial charge in [-0.25, -0.2) is 0 Å². The van der Waals surface area contributed by atoms with Gasteiger partial charge in [0.2, 0.25) is 10.9 Å². The van der Waals surface area contributed by atoms with Crippen molar-refractivity contribution < 1.29 is 13.9 Å². The number of unbranched alkanes of at least 4 members (excludes halogenated alkanes) is 3. The first-order chi connectivity index (χ1) is 17.5. The summed E-state index contributed by atoms with van der Waals surface area (Å²) in [5, 5.41) is 10.3. The fraction of sp³-hybridized carbons (Fsp3) is 0.357. The molecule has 5 rings (SSSR count). The molecule has 1 unspecified atom stereocenters. The van der Waals surface area contributed by atoms with Gasteiger partial charge in [-0.15, -0.1) is 10.2 Å². The van der Waals surface area contributed by atoms with E-state index in [4.69, 9.17) is 9.15 Å². The first-order valence-electron chi connectivity index (χ1n) is 12.4. The highest BCUT2D eigenvalue weighted by atomic mass is 32.1. The van der Waals surface area contributed by atoms with Crippen LogP contribution in [0.5, 0.6) is 5.75 Å². The molecule has 0 N–H and O–H groups in total. The third-order valence-corrected chi connectivity index (χ3v) is 7.59. The fourth-order valence-corrected chi connectivity index (χ4v) is 5.33. The molecule has 1 atom stereocenters. The third kappa shape index (κ3) is 4.41. The summed E-state index contributed by atoms with van der Waals surface area (Å²) in [7, 11) is 0. The number of hydrogen-bond acceptors (Lipinski definition) is 7. The van der Waals surface area contributed by atoms with Gasteiger partial charge in [0.25, 0.3) is 5.91 Å². The molecule has 0 spiro atoms. The van der Waals surface area contributed by atoms with E-state index in [9.17, 15) is 9.59 Å². The minimum atomic E-state index is -0.667. The average Bonchev–Trinajstić information content (AvgIpc) is 3.48. The predicted molar refractivity (Wildman–Crippen MR) is 141 cm³/mol. The number of nitrogens with zero attached hydrogens (tertiary/aromatic N) is 3. The van der Waals surface area contributed by atoms with E-state index in [-0.39, 0.29) is 23.0 Å². The molecule has 0 aliphatic carbocycles. The van der Waals surface area contributed by atoms with Crippen molar-refractivity contribution in [1.82, 2.24) is 10.2 Å². The van der Waals surface area contributed by atoms with Gasteiger partial charge in [-0.2, -0.15) is 0 Å². The van der Waals surface area contributed by atoms with Crippen LogP contribution in [0.2, 0.25) is 0 Å². The van der Waals surface area contributed by atoms with E-state index >= 15 is 0 Å². The maximum atomic E-state index is 13.7. The highest BCUT2D eigenvalue weighted by Crippen LogP contribution is 2.43. The molecule has 7 nitrogen and oxygen atoms in total. The van der Waals surface area contributed by atoms with Crippen LogP contribution >= 0.6 is 11.3 Å². The third-order valence-electron chi connectivity index (χ3n) is 6.37. The SMILES string of the molecule is CCCCCCOc1ccc(C2c3c(oc4ccccc4c3=O)C(=O)N2c2nnc(C(C)C)s2)cc1. The molecule has 0 fully saturated rings. The molecule has 0 saturated heterocycles. The van der Waals surface area contributed by atoms with E-state index < -0.39 is 6.04 Å². The maximum Gasteiger partial charge on any atom is 0.297 e. The van der Waals surface area contributed by atoms with Crippen molar-refractivity contribution >= 4 is 33.3 Å². The Balaban J connectivity index is 1.55. The Morgan fingerprint density at radius 2 is 1.81 bits per heavy atom. The monoisotopic (exact) mass is 503 g/mol. The van der Waals surface area contributed by atoms with Gasteiger partial charge < -0.3 is 9.15 Å². The van der Waals surface area contributed by atoms with Gasteiger partial charge in [0.1, 0.15) is 16.3 Å². The van der Waals surface area contributed by atoms with Crippen molar-refractivity contribution in [2.75, 3.05) is 11.5 Å². The zero-order chi connectivity index (χ0) is 25.2. The van der Waals surface area contributed by atoms with Crippen LogP contribution in [0.1, 0.15) is 85.1 Å². The Morgan fingerprint density at radius 3 is 2.53 bits per heavy atom. The zero-order valence-corrected chi connectivity index (χ0v) is 21.5. The molecule has 3 heterocycles. The first-order valence-corrected chi connectivity index (χ1v) is 13.3. The van der Waals surface area contributed by atoms with Crippen LogP contribution in [0, 0.1) is 0 Å². The van der Waals surface area contributed by atoms with Gasteiger partial charge in [-0.1, -0.05) is 75.6 Å². The van der Waals surface area contributed by atoms with Crippen LogP contribution in [0.15, 0.2) is 57.7 Å². The minimum absolute atomic E-state index is 0.0567. The van der Waals surface area contributed by atoms with E-state index in [0.717, 1.165) is 29.2 Å². The Kier molecular flexibility index (Phi) is 6.87. The summed E-state index contributed by atoms with van der Waals surface area (Å²) in [5.74, 6) is 0.600. The maximum absolute atomic E-state index is 13.7. The standard InChI is InChI=1S/C28H29N3O4S/c1-4-5-6-9-16-34-19-14-12-18(13-15-19)23-22-24(32)20-10-7-8-11-21(20)35-25(22)27(33)31(23)28-30-29-26(36-28)17(2)3/h7-8,10-15,17,23H,4-6,9,16H2,1-3H3. The van der Waals surface area contributed by atoms with Gasteiger partial charge in [-0.05, 0) is 36.2 Å². The summed E-state index contributed by atoms with van der Waals surface area (Å²) in [5.41, 5.74) is 1.29. The molecule has 186 valence electrons. The molecule has 1 aliphatic rings. The second kappa shape index (κ2) is 10.2.